The number of ether oxygens (including phenoxy) is 3. The van der Waals surface area contributed by atoms with E-state index in [-0.39, 0.29) is 37.5 Å². The molecule has 11 nitrogen and oxygen atoms in total. The van der Waals surface area contributed by atoms with E-state index in [2.05, 4.69) is 15.6 Å². The van der Waals surface area contributed by atoms with Gasteiger partial charge >= 0.3 is 11.7 Å². The number of amides is 1. The monoisotopic (exact) mass is 367 g/mol. The van der Waals surface area contributed by atoms with Crippen LogP contribution in [0.1, 0.15) is 19.1 Å². The molecule has 1 aromatic heterocycles. The molecule has 2 saturated heterocycles. The molecule has 0 spiro atoms. The van der Waals surface area contributed by atoms with E-state index in [9.17, 15) is 14.4 Å². The molecule has 1 unspecified atom stereocenters. The second-order valence-electron chi connectivity index (χ2n) is 5.95. The smallest absolute Gasteiger partial charge is 0.351 e. The van der Waals surface area contributed by atoms with E-state index in [4.69, 9.17) is 19.9 Å². The zero-order valence-corrected chi connectivity index (χ0v) is 14.1. The van der Waals surface area contributed by atoms with E-state index in [1.807, 2.05) is 0 Å². The highest BCUT2D eigenvalue weighted by atomic mass is 16.7. The molecule has 4 N–H and O–H groups in total. The number of rotatable bonds is 6. The fourth-order valence-electron chi connectivity index (χ4n) is 2.72. The van der Waals surface area contributed by atoms with E-state index in [0.29, 0.717) is 0 Å². The summed E-state index contributed by atoms with van der Waals surface area (Å²) < 4.78 is 17.1. The lowest BCUT2D eigenvalue weighted by atomic mass is 10.2. The van der Waals surface area contributed by atoms with Crippen molar-refractivity contribution in [3.63, 3.8) is 0 Å². The van der Waals surface area contributed by atoms with Crippen molar-refractivity contribution in [2.45, 2.75) is 31.4 Å². The van der Waals surface area contributed by atoms with Gasteiger partial charge in [-0.2, -0.15) is 4.98 Å². The third-order valence-electron chi connectivity index (χ3n) is 4.06. The Morgan fingerprint density at radius 3 is 3.08 bits per heavy atom. The highest BCUT2D eigenvalue weighted by Gasteiger charge is 2.29. The Bertz CT molecular complexity index is 717. The molecule has 26 heavy (non-hydrogen) atoms. The average molecular weight is 367 g/mol. The molecule has 0 bridgehead atoms. The number of nitrogen functional groups attached to an aromatic ring is 1. The normalized spacial score (nSPS) is 25.2. The molecular formula is C15H21N5O6. The molecular weight excluding hydrogens is 346 g/mol. The van der Waals surface area contributed by atoms with Crippen molar-refractivity contribution < 1.29 is 23.8 Å². The molecule has 142 valence electrons. The second-order valence-corrected chi connectivity index (χ2v) is 5.95. The summed E-state index contributed by atoms with van der Waals surface area (Å²) in [5.41, 5.74) is 4.88. The Labute approximate surface area is 148 Å². The molecule has 3 rings (SSSR count). The van der Waals surface area contributed by atoms with E-state index in [1.165, 1.54) is 16.8 Å². The molecule has 0 saturated carbocycles. The molecule has 3 atom stereocenters. The molecule has 0 aromatic carbocycles. The highest BCUT2D eigenvalue weighted by molar-refractivity contribution is 5.85. The predicted octanol–water partition coefficient (Wildman–Crippen LogP) is -1.89. The third kappa shape index (κ3) is 4.56. The fourth-order valence-corrected chi connectivity index (χ4v) is 2.72. The first-order valence-corrected chi connectivity index (χ1v) is 8.31. The number of carbonyl (C=O) groups is 2. The molecule has 0 radical (unpaired) electrons. The SMILES string of the molecule is Nc1ccn([C@@H]2CO[C@H](COC(=O)CNC(=O)C3CCCN3)O2)c(=O)n1. The van der Waals surface area contributed by atoms with Gasteiger partial charge in [-0.25, -0.2) is 4.79 Å². The summed E-state index contributed by atoms with van der Waals surface area (Å²) in [5.74, 6) is -0.702. The van der Waals surface area contributed by atoms with Crippen LogP contribution in [0.4, 0.5) is 5.82 Å². The summed E-state index contributed by atoms with van der Waals surface area (Å²) >= 11 is 0. The van der Waals surface area contributed by atoms with Crippen molar-refractivity contribution in [1.29, 1.82) is 0 Å². The van der Waals surface area contributed by atoms with Crippen LogP contribution in [0, 0.1) is 0 Å². The van der Waals surface area contributed by atoms with Crippen molar-refractivity contribution in [1.82, 2.24) is 20.2 Å². The molecule has 2 aliphatic rings. The average Bonchev–Trinajstić information content (AvgIpc) is 3.29. The first kappa shape index (κ1) is 18.3. The summed E-state index contributed by atoms with van der Waals surface area (Å²) in [7, 11) is 0. The molecule has 0 aliphatic carbocycles. The maximum Gasteiger partial charge on any atom is 0.351 e. The van der Waals surface area contributed by atoms with Gasteiger partial charge in [0.1, 0.15) is 19.0 Å². The van der Waals surface area contributed by atoms with Gasteiger partial charge in [0.05, 0.1) is 12.6 Å². The fraction of sp³-hybridized carbons (Fsp3) is 0.600. The standard InChI is InChI=1S/C15H21N5O6/c16-10-3-5-20(15(23)19-10)11-7-25-13(26-11)8-24-12(21)6-18-14(22)9-2-1-4-17-9/h3,5,9,11,13,17H,1-2,4,6-8H2,(H,18,22)(H2,16,19,23)/t9?,11-,13-/m0/s1. The van der Waals surface area contributed by atoms with Gasteiger partial charge < -0.3 is 30.6 Å². The third-order valence-corrected chi connectivity index (χ3v) is 4.06. The Morgan fingerprint density at radius 2 is 2.35 bits per heavy atom. The van der Waals surface area contributed by atoms with Gasteiger partial charge in [0.2, 0.25) is 5.91 Å². The number of hydrogen-bond acceptors (Lipinski definition) is 9. The summed E-state index contributed by atoms with van der Waals surface area (Å²) in [5, 5.41) is 5.56. The second kappa shape index (κ2) is 8.25. The van der Waals surface area contributed by atoms with E-state index < -0.39 is 24.2 Å². The minimum atomic E-state index is -0.805. The molecule has 3 heterocycles. The minimum absolute atomic E-state index is 0.109. The maximum absolute atomic E-state index is 11.8. The van der Waals surface area contributed by atoms with Gasteiger partial charge in [-0.15, -0.1) is 0 Å². The van der Waals surface area contributed by atoms with Crippen LogP contribution < -0.4 is 22.1 Å². The Hall–Kier alpha value is -2.50. The first-order chi connectivity index (χ1) is 12.5. The number of esters is 1. The highest BCUT2D eigenvalue weighted by Crippen LogP contribution is 2.19. The zero-order valence-electron chi connectivity index (χ0n) is 14.1. The topological polar surface area (TPSA) is 147 Å². The van der Waals surface area contributed by atoms with E-state index in [0.717, 1.165) is 19.4 Å². The van der Waals surface area contributed by atoms with Crippen LogP contribution in [0.3, 0.4) is 0 Å². The van der Waals surface area contributed by atoms with Crippen LogP contribution >= 0.6 is 0 Å². The van der Waals surface area contributed by atoms with Gasteiger partial charge in [0, 0.05) is 6.20 Å². The van der Waals surface area contributed by atoms with Gasteiger partial charge in [-0.3, -0.25) is 14.2 Å². The van der Waals surface area contributed by atoms with Gasteiger partial charge in [0.25, 0.3) is 0 Å². The van der Waals surface area contributed by atoms with Crippen molar-refractivity contribution in [3.05, 3.63) is 22.7 Å². The van der Waals surface area contributed by atoms with Crippen molar-refractivity contribution in [2.75, 3.05) is 32.0 Å². The number of aromatic nitrogens is 2. The maximum atomic E-state index is 11.8. The minimum Gasteiger partial charge on any atom is -0.459 e. The van der Waals surface area contributed by atoms with Gasteiger partial charge in [0.15, 0.2) is 12.5 Å². The van der Waals surface area contributed by atoms with Crippen LogP contribution in [0.5, 0.6) is 0 Å². The lowest BCUT2D eigenvalue weighted by Gasteiger charge is -2.14. The molecule has 1 amide bonds. The van der Waals surface area contributed by atoms with Crippen LogP contribution in [0.15, 0.2) is 17.1 Å². The predicted molar refractivity (Wildman–Crippen MR) is 87.8 cm³/mol. The number of hydrogen-bond donors (Lipinski definition) is 3. The number of nitrogens with one attached hydrogen (secondary N) is 2. The zero-order chi connectivity index (χ0) is 18.5. The van der Waals surface area contributed by atoms with Gasteiger partial charge in [-0.05, 0) is 25.5 Å². The van der Waals surface area contributed by atoms with Crippen molar-refractivity contribution in [3.8, 4) is 0 Å². The lowest BCUT2D eigenvalue weighted by molar-refractivity contribution is -0.158. The van der Waals surface area contributed by atoms with Crippen LogP contribution in [-0.2, 0) is 23.8 Å². The van der Waals surface area contributed by atoms with Crippen LogP contribution in [0.2, 0.25) is 0 Å². The summed E-state index contributed by atoms with van der Waals surface area (Å²) in [6.45, 7) is 0.531. The summed E-state index contributed by atoms with van der Waals surface area (Å²) in [6, 6.07) is 1.22. The Balaban J connectivity index is 1.39. The number of nitrogens with two attached hydrogens (primary N) is 1. The largest absolute Gasteiger partial charge is 0.459 e. The van der Waals surface area contributed by atoms with Crippen molar-refractivity contribution in [2.24, 2.45) is 0 Å². The number of anilines is 1. The first-order valence-electron chi connectivity index (χ1n) is 8.31. The number of nitrogens with zero attached hydrogens (tertiary/aromatic N) is 2. The quantitative estimate of drug-likeness (QED) is 0.491. The number of carbonyl (C=O) groups excluding carboxylic acids is 2. The van der Waals surface area contributed by atoms with E-state index in [1.54, 1.807) is 0 Å². The van der Waals surface area contributed by atoms with Crippen LogP contribution in [-0.4, -0.2) is 60.1 Å². The Kier molecular flexibility index (Phi) is 5.81. The van der Waals surface area contributed by atoms with Gasteiger partial charge in [-0.1, -0.05) is 0 Å². The summed E-state index contributed by atoms with van der Waals surface area (Å²) in [4.78, 5) is 38.9. The Morgan fingerprint density at radius 1 is 1.50 bits per heavy atom. The van der Waals surface area contributed by atoms with E-state index >= 15 is 0 Å². The lowest BCUT2D eigenvalue weighted by Crippen LogP contribution is -2.42. The molecule has 1 aromatic rings. The summed E-state index contributed by atoms with van der Waals surface area (Å²) in [6.07, 6.45) is 1.67. The molecule has 11 heteroatoms. The molecule has 2 fully saturated rings. The van der Waals surface area contributed by atoms with Crippen molar-refractivity contribution >= 4 is 17.7 Å². The molecule has 2 aliphatic heterocycles. The van der Waals surface area contributed by atoms with Crippen LogP contribution in [0.25, 0.3) is 0 Å².